The van der Waals surface area contributed by atoms with Crippen LogP contribution in [0.3, 0.4) is 0 Å². The molecule has 1 aromatic rings. The van der Waals surface area contributed by atoms with Crippen molar-refractivity contribution < 1.29 is 58.6 Å². The van der Waals surface area contributed by atoms with E-state index in [0.29, 0.717) is 10.7 Å². The van der Waals surface area contributed by atoms with Gasteiger partial charge < -0.3 is 21.2 Å². The number of hydrogen-bond acceptors (Lipinski definition) is 2. The average Bonchev–Trinajstić information content (AvgIpc) is 1.96. The van der Waals surface area contributed by atoms with Gasteiger partial charge in [-0.1, -0.05) is 23.5 Å². The third-order valence-electron chi connectivity index (χ3n) is 1.25. The van der Waals surface area contributed by atoms with Crippen molar-refractivity contribution in [3.63, 3.8) is 0 Å². The van der Waals surface area contributed by atoms with Gasteiger partial charge in [0.05, 0.1) is 5.91 Å². The molecule has 0 saturated heterocycles. The minimum absolute atomic E-state index is 0. The Kier molecular flexibility index (Phi) is 9.36. The fourth-order valence-corrected chi connectivity index (χ4v) is 0.932. The maximum atomic E-state index is 10.4. The fourth-order valence-electron chi connectivity index (χ4n) is 0.760. The fraction of sp³-hybridized carbons (Fsp3) is 0.143. The number of amides is 1. The third-order valence-corrected chi connectivity index (χ3v) is 1.59. The Morgan fingerprint density at radius 1 is 1.50 bits per heavy atom. The molecule has 0 aromatic carbocycles. The van der Waals surface area contributed by atoms with Crippen molar-refractivity contribution in [3.05, 3.63) is 34.3 Å². The van der Waals surface area contributed by atoms with Gasteiger partial charge in [0.15, 0.2) is 0 Å². The first-order chi connectivity index (χ1) is 5.59. The van der Waals surface area contributed by atoms with Gasteiger partial charge in [-0.3, -0.25) is 0 Å². The van der Waals surface area contributed by atoms with Crippen LogP contribution in [0.15, 0.2) is 12.1 Å². The number of aromatic nitrogens is 1. The number of rotatable bonds is 2. The second-order valence-electron chi connectivity index (χ2n) is 2.22. The Bertz CT molecular complexity index is 324. The van der Waals surface area contributed by atoms with Crippen LogP contribution in [-0.2, 0) is 65.0 Å². The van der Waals surface area contributed by atoms with Crippen molar-refractivity contribution >= 4 is 23.3 Å². The first-order valence-corrected chi connectivity index (χ1v) is 3.59. The van der Waals surface area contributed by atoms with E-state index in [-0.39, 0.29) is 66.0 Å². The Hall–Kier alpha value is 0.502. The number of halogens is 1. The van der Waals surface area contributed by atoms with E-state index in [1.54, 1.807) is 0 Å². The molecule has 0 aliphatic carbocycles. The Morgan fingerprint density at radius 3 is 2.57 bits per heavy atom. The number of pyridine rings is 1. The van der Waals surface area contributed by atoms with Crippen LogP contribution in [0.1, 0.15) is 5.69 Å². The molecule has 4 nitrogen and oxygen atoms in total. The van der Waals surface area contributed by atoms with Crippen LogP contribution in [0.25, 0.3) is 11.5 Å². The van der Waals surface area contributed by atoms with Crippen molar-refractivity contribution in [1.29, 1.82) is 0 Å². The first-order valence-electron chi connectivity index (χ1n) is 3.21. The van der Waals surface area contributed by atoms with E-state index in [1.165, 1.54) is 12.1 Å². The summed E-state index contributed by atoms with van der Waals surface area (Å²) < 4.78 is 0. The van der Waals surface area contributed by atoms with Gasteiger partial charge in [-0.05, 0) is 11.8 Å². The van der Waals surface area contributed by atoms with E-state index in [2.05, 4.69) is 4.98 Å². The van der Waals surface area contributed by atoms with Crippen LogP contribution in [0.4, 0.5) is 5.82 Å². The number of hydrogen-bond donors (Lipinski definition) is 0. The van der Waals surface area contributed by atoms with Crippen LogP contribution >= 0.6 is 11.6 Å². The van der Waals surface area contributed by atoms with Gasteiger partial charge >= 0.3 is 0 Å². The molecule has 0 unspecified atom stereocenters. The van der Waals surface area contributed by atoms with Crippen LogP contribution in [-0.4, -0.2) is 10.9 Å². The van der Waals surface area contributed by atoms with Crippen LogP contribution in [0.5, 0.6) is 0 Å². The predicted molar refractivity (Wildman–Crippen MR) is 46.3 cm³/mol. The molecule has 1 rings (SSSR count). The van der Waals surface area contributed by atoms with Gasteiger partial charge in [0, 0.05) is 65.2 Å². The van der Waals surface area contributed by atoms with Crippen molar-refractivity contribution in [2.45, 2.75) is 6.42 Å². The molecule has 0 atom stereocenters. The summed E-state index contributed by atoms with van der Waals surface area (Å²) in [6.45, 7) is 0. The summed E-state index contributed by atoms with van der Waals surface area (Å²) in [6.07, 6.45) is -0.133. The predicted octanol–water partition coefficient (Wildman–Crippen LogP) is 2.54. The van der Waals surface area contributed by atoms with Gasteiger partial charge in [0.1, 0.15) is 0 Å². The molecule has 0 aliphatic rings. The maximum Gasteiger partial charge on any atom is 0.0529 e. The van der Waals surface area contributed by atoms with Crippen LogP contribution in [0.2, 0.25) is 5.02 Å². The van der Waals surface area contributed by atoms with Gasteiger partial charge in [-0.15, -0.1) is 0 Å². The van der Waals surface area contributed by atoms with Crippen molar-refractivity contribution in [1.82, 2.24) is 4.98 Å². The first kappa shape index (κ1) is 16.9. The molecule has 0 saturated carbocycles. The third kappa shape index (κ3) is 5.40. The van der Waals surface area contributed by atoms with E-state index in [9.17, 15) is 4.79 Å². The molecule has 0 fully saturated rings. The second-order valence-corrected chi connectivity index (χ2v) is 2.63. The molecule has 1 radical (unpaired) electrons. The monoisotopic (exact) mass is 456 g/mol. The minimum Gasteiger partial charge on any atom is -0.667 e. The molecule has 0 bridgehead atoms. The average molecular weight is 456 g/mol. The second kappa shape index (κ2) is 7.75. The Balaban J connectivity index is 0. The zero-order valence-corrected chi connectivity index (χ0v) is 13.6. The van der Waals surface area contributed by atoms with Crippen LogP contribution < -0.4 is 0 Å². The van der Waals surface area contributed by atoms with E-state index >= 15 is 0 Å². The summed E-state index contributed by atoms with van der Waals surface area (Å²) in [5.41, 5.74) is 14.1. The topological polar surface area (TPSA) is 77.6 Å². The smallest absolute Gasteiger partial charge is 0.0529 e. The quantitative estimate of drug-likeness (QED) is 0.686. The molecule has 73 valence electrons. The zero-order valence-electron chi connectivity index (χ0n) is 7.08. The molecule has 1 aromatic heterocycles. The van der Waals surface area contributed by atoms with E-state index in [4.69, 9.17) is 23.1 Å². The van der Waals surface area contributed by atoms with Gasteiger partial charge in [-0.25, -0.2) is 0 Å². The van der Waals surface area contributed by atoms with Crippen molar-refractivity contribution in [2.75, 3.05) is 0 Å². The number of nitrogens with one attached hydrogen (secondary N) is 2. The van der Waals surface area contributed by atoms with E-state index < -0.39 is 5.91 Å². The molecule has 1 amide bonds. The standard InChI is InChI=1S/C7H7ClN3O.W.Y/c8-4-1-2-6(9)11-5(4)3-7(10)12;;/h1-2H,3H2,(H3-,9,10,11,12);;/q-1;;/p-1. The molecule has 0 aliphatic heterocycles. The summed E-state index contributed by atoms with van der Waals surface area (Å²) in [5.74, 6) is -0.703. The van der Waals surface area contributed by atoms with Gasteiger partial charge in [-0.2, -0.15) is 0 Å². The summed E-state index contributed by atoms with van der Waals surface area (Å²) in [7, 11) is 0. The molecular formula is C7H6ClN3OWY-2. The molecule has 2 N–H and O–H groups in total. The van der Waals surface area contributed by atoms with Crippen molar-refractivity contribution in [3.8, 4) is 0 Å². The zero-order chi connectivity index (χ0) is 9.14. The minimum atomic E-state index is -0.755. The summed E-state index contributed by atoms with van der Waals surface area (Å²) in [5, 5.41) is 0.326. The molecular weight excluding hydrogens is 450 g/mol. The van der Waals surface area contributed by atoms with E-state index in [1.807, 2.05) is 0 Å². The maximum absolute atomic E-state index is 10.4. The SMILES string of the molecule is [NH-]C(=O)Cc1nc([NH-])ccc1Cl.[W].[Y]. The van der Waals surface area contributed by atoms with E-state index in [0.717, 1.165) is 0 Å². The molecule has 0 spiro atoms. The molecule has 7 heteroatoms. The summed E-state index contributed by atoms with van der Waals surface area (Å²) in [4.78, 5) is 14.1. The number of carbonyl (C=O) groups excluding carboxylic acids is 1. The summed E-state index contributed by atoms with van der Waals surface area (Å²) in [6, 6.07) is 2.93. The van der Waals surface area contributed by atoms with Crippen LogP contribution in [0, 0.1) is 0 Å². The Labute approximate surface area is 126 Å². The largest absolute Gasteiger partial charge is 0.667 e. The molecule has 14 heavy (non-hydrogen) atoms. The Morgan fingerprint density at radius 2 is 2.07 bits per heavy atom. The van der Waals surface area contributed by atoms with Crippen molar-refractivity contribution in [2.24, 2.45) is 0 Å². The normalized spacial score (nSPS) is 8.36. The number of nitrogens with zero attached hydrogens (tertiary/aromatic N) is 1. The number of carbonyl (C=O) groups is 1. The summed E-state index contributed by atoms with van der Waals surface area (Å²) >= 11 is 5.66. The van der Waals surface area contributed by atoms with Gasteiger partial charge in [0.25, 0.3) is 0 Å². The van der Waals surface area contributed by atoms with Gasteiger partial charge in [0.2, 0.25) is 0 Å². The molecule has 1 heterocycles.